The van der Waals surface area contributed by atoms with Crippen molar-refractivity contribution in [3.8, 4) is 0 Å². The Kier molecular flexibility index (Phi) is 66.7. The van der Waals surface area contributed by atoms with E-state index in [0.717, 1.165) is 173 Å². The monoisotopic (exact) mass is 1410 g/mol. The highest BCUT2D eigenvalue weighted by Gasteiger charge is 2.30. The molecule has 0 saturated carbocycles. The SMILES string of the molecule is CC/C=C\C/C=C\C/C=C\C/C=C\C/C=C\CC(=O)OCC(COP(=O)(O)OCC(O)COP(=O)(O)OCC(COC(=O)CCCCCCC/C=C\C/C=C\C/C=C\CC)OC(=O)CCCCCCC/C=C\C/C=C\CCCCC)OC(=O)CCCCCCC/C=C\C/C=C\CCC. The molecular weight excluding hydrogens is 1280 g/mol. The number of phosphoric ester groups is 2. The number of hydrogen-bond donors (Lipinski definition) is 3. The summed E-state index contributed by atoms with van der Waals surface area (Å²) in [5.41, 5.74) is 0. The fraction of sp³-hybridized carbons (Fsp3) is 0.646. The van der Waals surface area contributed by atoms with Crippen molar-refractivity contribution in [2.45, 2.75) is 290 Å². The van der Waals surface area contributed by atoms with E-state index in [0.29, 0.717) is 25.7 Å². The first-order chi connectivity index (χ1) is 47.7. The fourth-order valence-electron chi connectivity index (χ4n) is 9.20. The molecule has 19 heteroatoms. The standard InChI is InChI=1S/C79H130O17P2/c1-5-9-13-17-21-25-29-33-36-40-43-47-51-55-59-63-76(81)89-69-74(95-78(83)65-61-57-53-49-45-39-32-28-24-20-16-12-8-4)71-93-97(85,86)91-67-73(80)68-92-98(87,88)94-72-75(96-79(84)66-62-58-54-50-46-42-38-35-31-27-23-19-15-11-7-3)70-90-77(82)64-60-56-52-48-44-41-37-34-30-26-22-18-14-10-6-2/h9-10,13-14,16,20-23,25-28,32-38,43,47,55,59,73-75,80H,5-8,11-12,15,17-19,24,29-31,39-42,44-46,48-54,56-58,60-72H2,1-4H3,(H,85,86)(H,87,88)/b13-9-,14-10-,20-16-,25-21-,26-22-,27-23-,32-28-,36-33-,37-34-,38-35-,47-43-,59-55-. The molecule has 17 nitrogen and oxygen atoms in total. The van der Waals surface area contributed by atoms with Gasteiger partial charge in [0.25, 0.3) is 0 Å². The van der Waals surface area contributed by atoms with E-state index in [4.69, 9.17) is 37.0 Å². The fourth-order valence-corrected chi connectivity index (χ4v) is 10.8. The number of esters is 4. The Balaban J connectivity index is 5.46. The van der Waals surface area contributed by atoms with Crippen molar-refractivity contribution >= 4 is 39.5 Å². The summed E-state index contributed by atoms with van der Waals surface area (Å²) >= 11 is 0. The number of rotatable bonds is 68. The van der Waals surface area contributed by atoms with Crippen molar-refractivity contribution in [3.63, 3.8) is 0 Å². The van der Waals surface area contributed by atoms with Crippen LogP contribution in [0.2, 0.25) is 0 Å². The lowest BCUT2D eigenvalue weighted by atomic mass is 10.1. The van der Waals surface area contributed by atoms with Crippen LogP contribution in [-0.2, 0) is 65.4 Å². The average Bonchev–Trinajstić information content (AvgIpc) is 0.959. The molecule has 0 spiro atoms. The Bertz CT molecular complexity index is 2430. The van der Waals surface area contributed by atoms with E-state index in [9.17, 15) is 43.2 Å². The average molecular weight is 1410 g/mol. The van der Waals surface area contributed by atoms with Crippen molar-refractivity contribution in [1.82, 2.24) is 0 Å². The second-order valence-electron chi connectivity index (χ2n) is 24.1. The third-order valence-electron chi connectivity index (χ3n) is 14.8. The topological polar surface area (TPSA) is 237 Å². The Morgan fingerprint density at radius 2 is 0.592 bits per heavy atom. The van der Waals surface area contributed by atoms with Gasteiger partial charge in [0.15, 0.2) is 12.2 Å². The second-order valence-corrected chi connectivity index (χ2v) is 27.0. The lowest BCUT2D eigenvalue weighted by molar-refractivity contribution is -0.161. The normalized spacial score (nSPS) is 14.8. The predicted molar refractivity (Wildman–Crippen MR) is 399 cm³/mol. The molecule has 0 fully saturated rings. The van der Waals surface area contributed by atoms with Crippen LogP contribution in [0.25, 0.3) is 0 Å². The molecule has 0 heterocycles. The number of allylic oxidation sites excluding steroid dienone is 23. The number of unbranched alkanes of at least 4 members (excludes halogenated alkanes) is 19. The zero-order valence-corrected chi connectivity index (χ0v) is 62.4. The number of aliphatic hydroxyl groups excluding tert-OH is 1. The van der Waals surface area contributed by atoms with E-state index in [1.807, 2.05) is 18.2 Å². The lowest BCUT2D eigenvalue weighted by Crippen LogP contribution is -2.30. The third kappa shape index (κ3) is 69.4. The highest BCUT2D eigenvalue weighted by Crippen LogP contribution is 2.45. The summed E-state index contributed by atoms with van der Waals surface area (Å²) in [6, 6.07) is 0. The molecule has 558 valence electrons. The van der Waals surface area contributed by atoms with E-state index in [1.54, 1.807) is 6.08 Å². The minimum atomic E-state index is -5.00. The van der Waals surface area contributed by atoms with Gasteiger partial charge in [-0.15, -0.1) is 0 Å². The number of phosphoric acid groups is 2. The van der Waals surface area contributed by atoms with Crippen molar-refractivity contribution < 1.29 is 80.2 Å². The van der Waals surface area contributed by atoms with Crippen LogP contribution in [0.15, 0.2) is 146 Å². The largest absolute Gasteiger partial charge is 0.472 e. The summed E-state index contributed by atoms with van der Waals surface area (Å²) in [6.45, 7) is 4.36. The van der Waals surface area contributed by atoms with Gasteiger partial charge in [0.1, 0.15) is 19.3 Å². The van der Waals surface area contributed by atoms with E-state index < -0.39 is 97.5 Å². The van der Waals surface area contributed by atoms with E-state index in [-0.39, 0.29) is 25.7 Å². The summed E-state index contributed by atoms with van der Waals surface area (Å²) in [5, 5.41) is 10.6. The minimum Gasteiger partial charge on any atom is -0.462 e. The highest BCUT2D eigenvalue weighted by molar-refractivity contribution is 7.47. The van der Waals surface area contributed by atoms with Gasteiger partial charge in [-0.3, -0.25) is 37.3 Å². The van der Waals surface area contributed by atoms with Gasteiger partial charge in [0.2, 0.25) is 0 Å². The van der Waals surface area contributed by atoms with Gasteiger partial charge < -0.3 is 33.8 Å². The molecule has 98 heavy (non-hydrogen) atoms. The Morgan fingerprint density at radius 1 is 0.306 bits per heavy atom. The minimum absolute atomic E-state index is 0.0545. The maximum absolute atomic E-state index is 13.1. The number of carbonyl (C=O) groups is 4. The number of carbonyl (C=O) groups excluding carboxylic acids is 4. The molecule has 0 aliphatic carbocycles. The summed E-state index contributed by atoms with van der Waals surface area (Å²) in [5.74, 6) is -2.38. The predicted octanol–water partition coefficient (Wildman–Crippen LogP) is 21.1. The molecule has 0 aliphatic heterocycles. The van der Waals surface area contributed by atoms with Crippen molar-refractivity contribution in [3.05, 3.63) is 146 Å². The smallest absolute Gasteiger partial charge is 0.462 e. The molecule has 0 aromatic rings. The van der Waals surface area contributed by atoms with Gasteiger partial charge in [-0.05, 0) is 141 Å². The van der Waals surface area contributed by atoms with Crippen LogP contribution in [0, 0.1) is 0 Å². The quantitative estimate of drug-likeness (QED) is 0.0169. The lowest BCUT2D eigenvalue weighted by Gasteiger charge is -2.21. The molecule has 5 atom stereocenters. The van der Waals surface area contributed by atoms with Crippen LogP contribution in [0.5, 0.6) is 0 Å². The molecule has 3 N–H and O–H groups in total. The van der Waals surface area contributed by atoms with Gasteiger partial charge in [0, 0.05) is 19.3 Å². The molecule has 0 rings (SSSR count). The first-order valence-electron chi connectivity index (χ1n) is 37.1. The van der Waals surface area contributed by atoms with Crippen molar-refractivity contribution in [2.75, 3.05) is 39.6 Å². The van der Waals surface area contributed by atoms with Crippen molar-refractivity contribution in [2.24, 2.45) is 0 Å². The maximum Gasteiger partial charge on any atom is 0.472 e. The van der Waals surface area contributed by atoms with Crippen LogP contribution in [-0.4, -0.2) is 96.7 Å². The zero-order valence-electron chi connectivity index (χ0n) is 60.7. The summed E-state index contributed by atoms with van der Waals surface area (Å²) in [6.07, 6.45) is 78.7. The van der Waals surface area contributed by atoms with Crippen LogP contribution in [0.3, 0.4) is 0 Å². The molecule has 0 bridgehead atoms. The molecule has 5 unspecified atom stereocenters. The Labute approximate surface area is 592 Å². The van der Waals surface area contributed by atoms with Gasteiger partial charge in [-0.1, -0.05) is 251 Å². The first kappa shape index (κ1) is 92.9. The van der Waals surface area contributed by atoms with Crippen LogP contribution >= 0.6 is 15.6 Å². The van der Waals surface area contributed by atoms with E-state index in [1.165, 1.54) is 19.3 Å². The molecule has 0 aliphatic rings. The second kappa shape index (κ2) is 70.4. The Hall–Kier alpha value is -5.06. The van der Waals surface area contributed by atoms with Gasteiger partial charge >= 0.3 is 39.5 Å². The number of ether oxygens (including phenoxy) is 4. The van der Waals surface area contributed by atoms with Crippen LogP contribution < -0.4 is 0 Å². The number of hydrogen-bond acceptors (Lipinski definition) is 15. The zero-order chi connectivity index (χ0) is 71.8. The molecular formula is C79H130O17P2. The first-order valence-corrected chi connectivity index (χ1v) is 40.1. The molecule has 0 saturated heterocycles. The van der Waals surface area contributed by atoms with Crippen molar-refractivity contribution in [1.29, 1.82) is 0 Å². The molecule has 0 aromatic heterocycles. The summed E-state index contributed by atoms with van der Waals surface area (Å²) in [4.78, 5) is 72.7. The molecule has 0 amide bonds. The van der Waals surface area contributed by atoms with Gasteiger partial charge in [-0.25, -0.2) is 9.13 Å². The highest BCUT2D eigenvalue weighted by atomic mass is 31.2. The Morgan fingerprint density at radius 3 is 0.949 bits per heavy atom. The molecule has 0 radical (unpaired) electrons. The maximum atomic E-state index is 13.1. The summed E-state index contributed by atoms with van der Waals surface area (Å²) in [7, 11) is -9.99. The molecule has 0 aromatic carbocycles. The third-order valence-corrected chi connectivity index (χ3v) is 16.7. The van der Waals surface area contributed by atoms with E-state index >= 15 is 0 Å². The van der Waals surface area contributed by atoms with Gasteiger partial charge in [-0.2, -0.15) is 0 Å². The summed E-state index contributed by atoms with van der Waals surface area (Å²) < 4.78 is 68.2. The number of aliphatic hydroxyl groups is 1. The van der Waals surface area contributed by atoms with Crippen LogP contribution in [0.4, 0.5) is 0 Å². The van der Waals surface area contributed by atoms with Gasteiger partial charge in [0.05, 0.1) is 32.8 Å². The van der Waals surface area contributed by atoms with Crippen LogP contribution in [0.1, 0.15) is 272 Å². The van der Waals surface area contributed by atoms with E-state index in [2.05, 4.69) is 149 Å².